The molecular formula is C23H31BrN2O2. The SMILES string of the molecule is CC(C)Oc1ccc(/C=N/NC(=O)C23CC4CC(C)(CC(C)(C4)C2)C3)cc1Br. The maximum absolute atomic E-state index is 13.2. The van der Waals surface area contributed by atoms with Gasteiger partial charge >= 0.3 is 0 Å². The monoisotopic (exact) mass is 446 g/mol. The number of hydrazone groups is 1. The van der Waals surface area contributed by atoms with Crippen molar-refractivity contribution in [2.75, 3.05) is 0 Å². The van der Waals surface area contributed by atoms with Gasteiger partial charge in [-0.05, 0) is 109 Å². The molecule has 28 heavy (non-hydrogen) atoms. The minimum absolute atomic E-state index is 0.115. The third-order valence-corrected chi connectivity index (χ3v) is 7.43. The Bertz CT molecular complexity index is 801. The number of benzene rings is 1. The van der Waals surface area contributed by atoms with Gasteiger partial charge in [0.25, 0.3) is 0 Å². The van der Waals surface area contributed by atoms with E-state index in [1.807, 2.05) is 32.0 Å². The molecule has 2 unspecified atom stereocenters. The van der Waals surface area contributed by atoms with Gasteiger partial charge in [0.15, 0.2) is 0 Å². The van der Waals surface area contributed by atoms with E-state index in [-0.39, 0.29) is 17.4 Å². The first-order valence-electron chi connectivity index (χ1n) is 10.4. The van der Waals surface area contributed by atoms with Crippen LogP contribution in [0.5, 0.6) is 5.75 Å². The van der Waals surface area contributed by atoms with Crippen LogP contribution < -0.4 is 10.2 Å². The van der Waals surface area contributed by atoms with Crippen LogP contribution in [-0.4, -0.2) is 18.2 Å². The molecule has 4 nitrogen and oxygen atoms in total. The van der Waals surface area contributed by atoms with Crippen molar-refractivity contribution in [3.8, 4) is 5.75 Å². The second-order valence-corrected chi connectivity index (χ2v) is 11.3. The smallest absolute Gasteiger partial charge is 0.246 e. The molecule has 4 bridgehead atoms. The van der Waals surface area contributed by atoms with Crippen LogP contribution in [0.1, 0.15) is 71.8 Å². The minimum Gasteiger partial charge on any atom is -0.490 e. The molecule has 4 fully saturated rings. The number of amides is 1. The second-order valence-electron chi connectivity index (χ2n) is 10.5. The number of carbonyl (C=O) groups excluding carboxylic acids is 1. The Kier molecular flexibility index (Phi) is 4.88. The molecule has 0 spiro atoms. The van der Waals surface area contributed by atoms with Crippen LogP contribution in [0.3, 0.4) is 0 Å². The summed E-state index contributed by atoms with van der Waals surface area (Å²) in [5.41, 5.74) is 4.22. The van der Waals surface area contributed by atoms with Crippen LogP contribution in [-0.2, 0) is 4.79 Å². The van der Waals surface area contributed by atoms with Gasteiger partial charge < -0.3 is 4.74 Å². The summed E-state index contributed by atoms with van der Waals surface area (Å²) in [5.74, 6) is 1.63. The van der Waals surface area contributed by atoms with Gasteiger partial charge in [0.1, 0.15) is 5.75 Å². The highest BCUT2D eigenvalue weighted by Crippen LogP contribution is 2.69. The fourth-order valence-corrected chi connectivity index (χ4v) is 7.42. The zero-order valence-corrected chi connectivity index (χ0v) is 18.9. The maximum atomic E-state index is 13.2. The van der Waals surface area contributed by atoms with E-state index in [4.69, 9.17) is 4.74 Å². The van der Waals surface area contributed by atoms with Crippen molar-refractivity contribution in [1.29, 1.82) is 0 Å². The first kappa shape index (κ1) is 19.9. The Labute approximate surface area is 176 Å². The Morgan fingerprint density at radius 3 is 2.46 bits per heavy atom. The van der Waals surface area contributed by atoms with E-state index < -0.39 is 0 Å². The number of rotatable bonds is 5. The van der Waals surface area contributed by atoms with E-state index >= 15 is 0 Å². The van der Waals surface area contributed by atoms with E-state index in [1.54, 1.807) is 6.21 Å². The lowest BCUT2D eigenvalue weighted by molar-refractivity contribution is -0.170. The highest BCUT2D eigenvalue weighted by atomic mass is 79.9. The Balaban J connectivity index is 1.44. The predicted octanol–water partition coefficient (Wildman–Crippen LogP) is 5.68. The average Bonchev–Trinajstić information content (AvgIpc) is 2.53. The molecule has 1 aromatic carbocycles. The minimum atomic E-state index is -0.226. The van der Waals surface area contributed by atoms with Crippen molar-refractivity contribution in [2.45, 2.75) is 72.3 Å². The summed E-state index contributed by atoms with van der Waals surface area (Å²) in [6.07, 6.45) is 8.75. The number of ether oxygens (including phenoxy) is 1. The quantitative estimate of drug-likeness (QED) is 0.466. The third kappa shape index (κ3) is 3.74. The summed E-state index contributed by atoms with van der Waals surface area (Å²) in [4.78, 5) is 13.2. The summed E-state index contributed by atoms with van der Waals surface area (Å²) in [5, 5.41) is 4.29. The van der Waals surface area contributed by atoms with Crippen LogP contribution in [0, 0.1) is 22.2 Å². The highest BCUT2D eigenvalue weighted by molar-refractivity contribution is 9.10. The van der Waals surface area contributed by atoms with Crippen molar-refractivity contribution >= 4 is 28.1 Å². The molecule has 0 saturated heterocycles. The number of halogens is 1. The van der Waals surface area contributed by atoms with E-state index in [9.17, 15) is 4.79 Å². The lowest BCUT2D eigenvalue weighted by Crippen LogP contribution is -2.59. The number of carbonyl (C=O) groups is 1. The second kappa shape index (κ2) is 6.86. The van der Waals surface area contributed by atoms with Gasteiger partial charge in [-0.1, -0.05) is 13.8 Å². The lowest BCUT2D eigenvalue weighted by Gasteiger charge is -2.64. The number of nitrogens with one attached hydrogen (secondary N) is 1. The Morgan fingerprint density at radius 1 is 1.21 bits per heavy atom. The van der Waals surface area contributed by atoms with Crippen LogP contribution in [0.15, 0.2) is 27.8 Å². The molecule has 2 atom stereocenters. The molecule has 0 radical (unpaired) electrons. The van der Waals surface area contributed by atoms with Gasteiger partial charge in [0, 0.05) is 0 Å². The van der Waals surface area contributed by atoms with Crippen molar-refractivity contribution in [2.24, 2.45) is 27.3 Å². The summed E-state index contributed by atoms with van der Waals surface area (Å²) in [6.45, 7) is 8.78. The molecule has 152 valence electrons. The average molecular weight is 447 g/mol. The molecule has 0 aliphatic heterocycles. The van der Waals surface area contributed by atoms with Gasteiger partial charge in [-0.3, -0.25) is 4.79 Å². The highest BCUT2D eigenvalue weighted by Gasteiger charge is 2.62. The largest absolute Gasteiger partial charge is 0.490 e. The molecule has 5 heteroatoms. The fraction of sp³-hybridized carbons (Fsp3) is 0.652. The molecule has 1 aromatic rings. The van der Waals surface area contributed by atoms with Gasteiger partial charge in [-0.2, -0.15) is 5.10 Å². The zero-order chi connectivity index (χ0) is 20.2. The van der Waals surface area contributed by atoms with E-state index in [0.717, 1.165) is 35.0 Å². The molecule has 4 aliphatic carbocycles. The maximum Gasteiger partial charge on any atom is 0.246 e. The first-order valence-corrected chi connectivity index (χ1v) is 11.2. The van der Waals surface area contributed by atoms with Crippen LogP contribution in [0.25, 0.3) is 0 Å². The van der Waals surface area contributed by atoms with E-state index in [2.05, 4.69) is 40.3 Å². The standard InChI is InChI=1S/C23H31BrN2O2/c1-15(2)28-19-6-5-16(7-18(19)24)11-25-26-20(27)23-10-17-8-21(3,13-23)12-22(4,9-17)14-23/h5-7,11,15,17H,8-10,12-14H2,1-4H3,(H,26,27)/b25-11+. The van der Waals surface area contributed by atoms with Gasteiger partial charge in [-0.15, -0.1) is 0 Å². The predicted molar refractivity (Wildman–Crippen MR) is 115 cm³/mol. The fourth-order valence-electron chi connectivity index (χ4n) is 6.93. The number of hydrogen-bond donors (Lipinski definition) is 1. The van der Waals surface area contributed by atoms with Crippen LogP contribution in [0.2, 0.25) is 0 Å². The van der Waals surface area contributed by atoms with Gasteiger partial charge in [0.2, 0.25) is 5.91 Å². The molecule has 4 aliphatic rings. The lowest BCUT2D eigenvalue weighted by atomic mass is 9.40. The molecule has 0 heterocycles. The molecule has 5 rings (SSSR count). The molecular weight excluding hydrogens is 416 g/mol. The van der Waals surface area contributed by atoms with Crippen molar-refractivity contribution < 1.29 is 9.53 Å². The Hall–Kier alpha value is -1.36. The summed E-state index contributed by atoms with van der Waals surface area (Å²) in [7, 11) is 0. The van der Waals surface area contributed by atoms with Gasteiger partial charge in [-0.25, -0.2) is 5.43 Å². The van der Waals surface area contributed by atoms with Crippen molar-refractivity contribution in [1.82, 2.24) is 5.43 Å². The van der Waals surface area contributed by atoms with E-state index in [0.29, 0.717) is 16.7 Å². The van der Waals surface area contributed by atoms with Crippen molar-refractivity contribution in [3.63, 3.8) is 0 Å². The topological polar surface area (TPSA) is 50.7 Å². The summed E-state index contributed by atoms with van der Waals surface area (Å²) in [6, 6.07) is 5.83. The zero-order valence-electron chi connectivity index (χ0n) is 17.3. The normalized spacial score (nSPS) is 36.3. The molecule has 0 aromatic heterocycles. The van der Waals surface area contributed by atoms with Crippen molar-refractivity contribution in [3.05, 3.63) is 28.2 Å². The third-order valence-electron chi connectivity index (χ3n) is 6.81. The van der Waals surface area contributed by atoms with Crippen LogP contribution in [0.4, 0.5) is 0 Å². The van der Waals surface area contributed by atoms with Gasteiger partial charge in [0.05, 0.1) is 22.2 Å². The first-order chi connectivity index (χ1) is 13.1. The van der Waals surface area contributed by atoms with Crippen LogP contribution >= 0.6 is 15.9 Å². The summed E-state index contributed by atoms with van der Waals surface area (Å²) >= 11 is 3.54. The summed E-state index contributed by atoms with van der Waals surface area (Å²) < 4.78 is 6.63. The number of nitrogens with zero attached hydrogens (tertiary/aromatic N) is 1. The molecule has 1 N–H and O–H groups in total. The number of hydrogen-bond acceptors (Lipinski definition) is 3. The van der Waals surface area contributed by atoms with E-state index in [1.165, 1.54) is 19.3 Å². The molecule has 4 saturated carbocycles. The Morgan fingerprint density at radius 2 is 1.89 bits per heavy atom. The molecule has 1 amide bonds.